The molecule has 1 unspecified atom stereocenters. The first-order valence-electron chi connectivity index (χ1n) is 7.13. The van der Waals surface area contributed by atoms with E-state index in [1.54, 1.807) is 0 Å². The zero-order valence-corrected chi connectivity index (χ0v) is 11.2. The maximum atomic E-state index is 12.1. The van der Waals surface area contributed by atoms with Crippen molar-refractivity contribution in [2.45, 2.75) is 25.7 Å². The lowest BCUT2D eigenvalue weighted by Gasteiger charge is -2.30. The second-order valence-electron chi connectivity index (χ2n) is 5.58. The van der Waals surface area contributed by atoms with Gasteiger partial charge in [-0.1, -0.05) is 0 Å². The maximum absolute atomic E-state index is 12.1. The molecule has 4 nitrogen and oxygen atoms in total. The van der Waals surface area contributed by atoms with Crippen molar-refractivity contribution in [3.8, 4) is 0 Å². The quantitative estimate of drug-likeness (QED) is 0.810. The molecule has 0 radical (unpaired) electrons. The highest BCUT2D eigenvalue weighted by Gasteiger charge is 2.25. The summed E-state index contributed by atoms with van der Waals surface area (Å²) in [6.07, 6.45) is 3.75. The summed E-state index contributed by atoms with van der Waals surface area (Å²) in [7, 11) is 0. The average molecular weight is 259 g/mol. The Labute approximate surface area is 114 Å². The predicted octanol–water partition coefficient (Wildman–Crippen LogP) is 1.55. The number of carbonyl (C=O) groups excluding carboxylic acids is 1. The molecule has 1 amide bonds. The van der Waals surface area contributed by atoms with Gasteiger partial charge in [0.1, 0.15) is 0 Å². The van der Waals surface area contributed by atoms with E-state index in [0.717, 1.165) is 43.9 Å². The molecular weight excluding hydrogens is 238 g/mol. The number of amides is 1. The molecule has 1 fully saturated rings. The van der Waals surface area contributed by atoms with Crippen molar-refractivity contribution < 1.29 is 4.79 Å². The summed E-state index contributed by atoms with van der Waals surface area (Å²) in [5.41, 5.74) is 8.89. The Morgan fingerprint density at radius 1 is 1.37 bits per heavy atom. The third kappa shape index (κ3) is 2.59. The van der Waals surface area contributed by atoms with Gasteiger partial charge in [0.2, 0.25) is 5.91 Å². The lowest BCUT2D eigenvalue weighted by molar-refractivity contribution is -0.118. The lowest BCUT2D eigenvalue weighted by Crippen LogP contribution is -2.36. The van der Waals surface area contributed by atoms with Crippen molar-refractivity contribution in [3.63, 3.8) is 0 Å². The van der Waals surface area contributed by atoms with Gasteiger partial charge in [0, 0.05) is 24.3 Å². The van der Waals surface area contributed by atoms with Crippen LogP contribution in [0.5, 0.6) is 0 Å². The van der Waals surface area contributed by atoms with Crippen LogP contribution in [-0.4, -0.2) is 25.5 Å². The fourth-order valence-corrected chi connectivity index (χ4v) is 3.10. The van der Waals surface area contributed by atoms with Crippen LogP contribution in [0.25, 0.3) is 0 Å². The summed E-state index contributed by atoms with van der Waals surface area (Å²) in [5.74, 6) is 0.968. The number of nitrogens with one attached hydrogen (secondary N) is 1. The van der Waals surface area contributed by atoms with Gasteiger partial charge in [-0.3, -0.25) is 4.79 Å². The molecule has 1 atom stereocenters. The number of hydrogen-bond acceptors (Lipinski definition) is 3. The van der Waals surface area contributed by atoms with Crippen LogP contribution in [0.15, 0.2) is 18.2 Å². The molecule has 0 aromatic heterocycles. The highest BCUT2D eigenvalue weighted by atomic mass is 16.2. The molecule has 2 heterocycles. The topological polar surface area (TPSA) is 58.4 Å². The molecule has 0 bridgehead atoms. The Balaban J connectivity index is 1.74. The molecule has 4 heteroatoms. The summed E-state index contributed by atoms with van der Waals surface area (Å²) < 4.78 is 0. The number of rotatable bonds is 3. The standard InChI is InChI=1S/C15H21N3O/c16-13-2-3-14-12(9-13)1-4-15(19)18(14)8-6-11-5-7-17-10-11/h2-3,9,11,17H,1,4-8,10,16H2. The van der Waals surface area contributed by atoms with E-state index >= 15 is 0 Å². The van der Waals surface area contributed by atoms with Gasteiger partial charge in [0.15, 0.2) is 0 Å². The number of fused-ring (bicyclic) bond motifs is 1. The van der Waals surface area contributed by atoms with Crippen LogP contribution in [0, 0.1) is 5.92 Å². The lowest BCUT2D eigenvalue weighted by atomic mass is 9.98. The monoisotopic (exact) mass is 259 g/mol. The number of hydrogen-bond donors (Lipinski definition) is 2. The van der Waals surface area contributed by atoms with Crippen molar-refractivity contribution in [2.24, 2.45) is 5.92 Å². The largest absolute Gasteiger partial charge is 0.399 e. The fraction of sp³-hybridized carbons (Fsp3) is 0.533. The summed E-state index contributed by atoms with van der Waals surface area (Å²) >= 11 is 0. The van der Waals surface area contributed by atoms with Crippen LogP contribution in [0.3, 0.4) is 0 Å². The van der Waals surface area contributed by atoms with Gasteiger partial charge in [0.25, 0.3) is 0 Å². The van der Waals surface area contributed by atoms with Crippen molar-refractivity contribution in [2.75, 3.05) is 30.3 Å². The van der Waals surface area contributed by atoms with E-state index in [1.165, 1.54) is 12.0 Å². The number of nitrogens with two attached hydrogens (primary N) is 1. The van der Waals surface area contributed by atoms with E-state index < -0.39 is 0 Å². The third-order valence-corrected chi connectivity index (χ3v) is 4.23. The Bertz CT molecular complexity index is 480. The van der Waals surface area contributed by atoms with Gasteiger partial charge >= 0.3 is 0 Å². The molecule has 0 spiro atoms. The first-order chi connectivity index (χ1) is 9.24. The minimum absolute atomic E-state index is 0.253. The number of nitrogen functional groups attached to an aromatic ring is 1. The van der Waals surface area contributed by atoms with Crippen molar-refractivity contribution in [3.05, 3.63) is 23.8 Å². The van der Waals surface area contributed by atoms with E-state index in [4.69, 9.17) is 5.73 Å². The van der Waals surface area contributed by atoms with E-state index in [0.29, 0.717) is 12.3 Å². The highest BCUT2D eigenvalue weighted by Crippen LogP contribution is 2.30. The number of carbonyl (C=O) groups is 1. The molecule has 3 rings (SSSR count). The van der Waals surface area contributed by atoms with Gasteiger partial charge in [-0.15, -0.1) is 0 Å². The molecule has 0 saturated carbocycles. The predicted molar refractivity (Wildman–Crippen MR) is 77.1 cm³/mol. The Hall–Kier alpha value is -1.55. The minimum Gasteiger partial charge on any atom is -0.399 e. The first kappa shape index (κ1) is 12.5. The average Bonchev–Trinajstić information content (AvgIpc) is 2.91. The number of aryl methyl sites for hydroxylation is 1. The molecule has 1 aromatic carbocycles. The number of nitrogens with zero attached hydrogens (tertiary/aromatic N) is 1. The van der Waals surface area contributed by atoms with Gasteiger partial charge in [0.05, 0.1) is 0 Å². The molecule has 2 aliphatic heterocycles. The Morgan fingerprint density at radius 2 is 2.26 bits per heavy atom. The molecule has 102 valence electrons. The SMILES string of the molecule is Nc1ccc2c(c1)CCC(=O)N2CCC1CCNC1. The summed E-state index contributed by atoms with van der Waals surface area (Å²) in [6.45, 7) is 3.05. The summed E-state index contributed by atoms with van der Waals surface area (Å²) in [4.78, 5) is 14.1. The highest BCUT2D eigenvalue weighted by molar-refractivity contribution is 5.96. The smallest absolute Gasteiger partial charge is 0.227 e. The van der Waals surface area contributed by atoms with Crippen molar-refractivity contribution >= 4 is 17.3 Å². The van der Waals surface area contributed by atoms with Gasteiger partial charge in [-0.05, 0) is 62.0 Å². The molecule has 0 aliphatic carbocycles. The number of anilines is 2. The van der Waals surface area contributed by atoms with Crippen LogP contribution in [0.2, 0.25) is 0 Å². The second-order valence-corrected chi connectivity index (χ2v) is 5.58. The minimum atomic E-state index is 0.253. The first-order valence-corrected chi connectivity index (χ1v) is 7.13. The molecule has 1 saturated heterocycles. The van der Waals surface area contributed by atoms with Gasteiger partial charge in [-0.2, -0.15) is 0 Å². The molecule has 19 heavy (non-hydrogen) atoms. The van der Waals surface area contributed by atoms with Crippen molar-refractivity contribution in [1.82, 2.24) is 5.32 Å². The Kier molecular flexibility index (Phi) is 3.42. The molecule has 2 aliphatic rings. The number of benzene rings is 1. The second kappa shape index (κ2) is 5.21. The maximum Gasteiger partial charge on any atom is 0.227 e. The van der Waals surface area contributed by atoms with E-state index in [2.05, 4.69) is 5.32 Å². The van der Waals surface area contributed by atoms with Gasteiger partial charge < -0.3 is 16.0 Å². The van der Waals surface area contributed by atoms with Crippen LogP contribution in [0.4, 0.5) is 11.4 Å². The van der Waals surface area contributed by atoms with Crippen LogP contribution in [-0.2, 0) is 11.2 Å². The molecule has 1 aromatic rings. The van der Waals surface area contributed by atoms with E-state index in [9.17, 15) is 4.79 Å². The van der Waals surface area contributed by atoms with E-state index in [1.807, 2.05) is 23.1 Å². The summed E-state index contributed by atoms with van der Waals surface area (Å²) in [6, 6.07) is 5.89. The third-order valence-electron chi connectivity index (χ3n) is 4.23. The normalized spacial score (nSPS) is 22.6. The summed E-state index contributed by atoms with van der Waals surface area (Å²) in [5, 5.41) is 3.38. The Morgan fingerprint density at radius 3 is 3.05 bits per heavy atom. The van der Waals surface area contributed by atoms with Crippen LogP contribution >= 0.6 is 0 Å². The molecular formula is C15H21N3O. The fourth-order valence-electron chi connectivity index (χ4n) is 3.10. The van der Waals surface area contributed by atoms with E-state index in [-0.39, 0.29) is 5.91 Å². The van der Waals surface area contributed by atoms with Crippen LogP contribution in [0.1, 0.15) is 24.8 Å². The van der Waals surface area contributed by atoms with Gasteiger partial charge in [-0.25, -0.2) is 0 Å². The zero-order chi connectivity index (χ0) is 13.2. The van der Waals surface area contributed by atoms with Crippen molar-refractivity contribution in [1.29, 1.82) is 0 Å². The zero-order valence-electron chi connectivity index (χ0n) is 11.2. The van der Waals surface area contributed by atoms with Crippen LogP contribution < -0.4 is 16.0 Å². The molecule has 3 N–H and O–H groups in total.